The van der Waals surface area contributed by atoms with Crippen LogP contribution in [-0.4, -0.2) is 25.5 Å². The van der Waals surface area contributed by atoms with Crippen molar-refractivity contribution in [3.63, 3.8) is 0 Å². The normalized spacial score (nSPS) is 10.7. The number of ether oxygens (including phenoxy) is 2. The van der Waals surface area contributed by atoms with Gasteiger partial charge in [0.25, 0.3) is 5.91 Å². The van der Waals surface area contributed by atoms with Crippen LogP contribution in [0.25, 0.3) is 10.8 Å². The summed E-state index contributed by atoms with van der Waals surface area (Å²) in [7, 11) is 1.45. The Kier molecular flexibility index (Phi) is 6.48. The van der Waals surface area contributed by atoms with Crippen LogP contribution in [0, 0.1) is 0 Å². The molecule has 0 atom stereocenters. The molecule has 0 bridgehead atoms. The number of carbonyl (C=O) groups excluding carboxylic acids is 2. The maximum Gasteiger partial charge on any atom is 0.291 e. The molecule has 0 aliphatic carbocycles. The van der Waals surface area contributed by atoms with Crippen molar-refractivity contribution in [3.05, 3.63) is 90.4 Å². The minimum atomic E-state index is -0.401. The maximum absolute atomic E-state index is 12.5. The molecule has 0 aliphatic heterocycles. The molecule has 7 nitrogen and oxygen atoms in total. The standard InChI is InChI=1S/C25H22N2O5/c1-30-16-24(28)26-19-7-4-8-20(14-19)27-25(29)23-12-11-22(32-23)15-31-21-10-9-17-5-2-3-6-18(17)13-21/h2-14H,15-16H2,1H3,(H,26,28)(H,27,29). The van der Waals surface area contributed by atoms with Gasteiger partial charge in [-0.25, -0.2) is 0 Å². The number of anilines is 2. The molecule has 4 rings (SSSR count). The summed E-state index contributed by atoms with van der Waals surface area (Å²) in [4.78, 5) is 24.2. The van der Waals surface area contributed by atoms with E-state index in [0.29, 0.717) is 17.1 Å². The Hall–Kier alpha value is -4.10. The number of fused-ring (bicyclic) bond motifs is 1. The van der Waals surface area contributed by atoms with Gasteiger partial charge in [0.15, 0.2) is 5.76 Å². The fourth-order valence-corrected chi connectivity index (χ4v) is 3.18. The molecule has 162 valence electrons. The van der Waals surface area contributed by atoms with E-state index in [9.17, 15) is 9.59 Å². The van der Waals surface area contributed by atoms with Crippen molar-refractivity contribution in [2.24, 2.45) is 0 Å². The van der Waals surface area contributed by atoms with Crippen molar-refractivity contribution in [3.8, 4) is 5.75 Å². The molecule has 0 saturated heterocycles. The van der Waals surface area contributed by atoms with Crippen LogP contribution < -0.4 is 15.4 Å². The number of benzene rings is 3. The van der Waals surface area contributed by atoms with Crippen LogP contribution in [0.2, 0.25) is 0 Å². The predicted octanol–water partition coefficient (Wildman–Crippen LogP) is 4.85. The van der Waals surface area contributed by atoms with Gasteiger partial charge in [0.1, 0.15) is 24.7 Å². The third-order valence-corrected chi connectivity index (χ3v) is 4.67. The van der Waals surface area contributed by atoms with E-state index >= 15 is 0 Å². The lowest BCUT2D eigenvalue weighted by Crippen LogP contribution is -2.17. The number of rotatable bonds is 8. The van der Waals surface area contributed by atoms with Gasteiger partial charge in [0.05, 0.1) is 0 Å². The Bertz CT molecular complexity index is 1250. The predicted molar refractivity (Wildman–Crippen MR) is 122 cm³/mol. The third-order valence-electron chi connectivity index (χ3n) is 4.67. The fourth-order valence-electron chi connectivity index (χ4n) is 3.18. The van der Waals surface area contributed by atoms with Crippen LogP contribution in [0.15, 0.2) is 83.3 Å². The Morgan fingerprint density at radius 1 is 0.844 bits per heavy atom. The van der Waals surface area contributed by atoms with Crippen molar-refractivity contribution >= 4 is 34.0 Å². The maximum atomic E-state index is 12.5. The van der Waals surface area contributed by atoms with Gasteiger partial charge in [-0.3, -0.25) is 9.59 Å². The Balaban J connectivity index is 1.35. The Labute approximate surface area is 184 Å². The molecule has 2 amide bonds. The van der Waals surface area contributed by atoms with Crippen molar-refractivity contribution in [2.75, 3.05) is 24.4 Å². The second kappa shape index (κ2) is 9.80. The van der Waals surface area contributed by atoms with E-state index in [0.717, 1.165) is 16.5 Å². The molecule has 0 fully saturated rings. The molecule has 1 heterocycles. The van der Waals surface area contributed by atoms with Crippen molar-refractivity contribution < 1.29 is 23.5 Å². The number of furan rings is 1. The fraction of sp³-hybridized carbons (Fsp3) is 0.120. The van der Waals surface area contributed by atoms with Crippen molar-refractivity contribution in [1.29, 1.82) is 0 Å². The Morgan fingerprint density at radius 3 is 2.44 bits per heavy atom. The SMILES string of the molecule is COCC(=O)Nc1cccc(NC(=O)c2ccc(COc3ccc4ccccc4c3)o2)c1. The van der Waals surface area contributed by atoms with Crippen molar-refractivity contribution in [1.82, 2.24) is 0 Å². The zero-order chi connectivity index (χ0) is 22.3. The number of methoxy groups -OCH3 is 1. The molecule has 4 aromatic rings. The zero-order valence-corrected chi connectivity index (χ0v) is 17.5. The van der Waals surface area contributed by atoms with E-state index in [1.54, 1.807) is 36.4 Å². The van der Waals surface area contributed by atoms with E-state index in [-0.39, 0.29) is 24.9 Å². The molecule has 0 aliphatic rings. The first-order valence-electron chi connectivity index (χ1n) is 10.0. The molecule has 32 heavy (non-hydrogen) atoms. The summed E-state index contributed by atoms with van der Waals surface area (Å²) in [5.74, 6) is 0.735. The molecule has 0 radical (unpaired) electrons. The average molecular weight is 430 g/mol. The van der Waals surface area contributed by atoms with Gasteiger partial charge in [-0.1, -0.05) is 36.4 Å². The van der Waals surface area contributed by atoms with Crippen LogP contribution in [0.3, 0.4) is 0 Å². The van der Waals surface area contributed by atoms with E-state index < -0.39 is 5.91 Å². The van der Waals surface area contributed by atoms with Gasteiger partial charge in [0, 0.05) is 18.5 Å². The zero-order valence-electron chi connectivity index (χ0n) is 17.5. The van der Waals surface area contributed by atoms with E-state index in [2.05, 4.69) is 10.6 Å². The molecule has 3 aromatic carbocycles. The van der Waals surface area contributed by atoms with Gasteiger partial charge in [0.2, 0.25) is 5.91 Å². The molecule has 1 aromatic heterocycles. The molecule has 2 N–H and O–H groups in total. The number of hydrogen-bond donors (Lipinski definition) is 2. The third kappa shape index (κ3) is 5.33. The smallest absolute Gasteiger partial charge is 0.291 e. The van der Waals surface area contributed by atoms with Gasteiger partial charge in [-0.2, -0.15) is 0 Å². The lowest BCUT2D eigenvalue weighted by Gasteiger charge is -2.08. The summed E-state index contributed by atoms with van der Waals surface area (Å²) in [5, 5.41) is 7.67. The topological polar surface area (TPSA) is 89.8 Å². The first kappa shape index (κ1) is 21.1. The second-order valence-corrected chi connectivity index (χ2v) is 7.08. The quantitative estimate of drug-likeness (QED) is 0.417. The van der Waals surface area contributed by atoms with E-state index in [4.69, 9.17) is 13.9 Å². The number of carbonyl (C=O) groups is 2. The highest BCUT2D eigenvalue weighted by molar-refractivity contribution is 6.02. The van der Waals surface area contributed by atoms with Gasteiger partial charge in [-0.15, -0.1) is 0 Å². The van der Waals surface area contributed by atoms with Gasteiger partial charge < -0.3 is 24.5 Å². The second-order valence-electron chi connectivity index (χ2n) is 7.08. The van der Waals surface area contributed by atoms with Crippen LogP contribution in [0.5, 0.6) is 5.75 Å². The molecular weight excluding hydrogens is 408 g/mol. The highest BCUT2D eigenvalue weighted by atomic mass is 16.5. The van der Waals surface area contributed by atoms with Crippen LogP contribution in [0.4, 0.5) is 11.4 Å². The largest absolute Gasteiger partial charge is 0.486 e. The van der Waals surface area contributed by atoms with Crippen molar-refractivity contribution in [2.45, 2.75) is 6.61 Å². The lowest BCUT2D eigenvalue weighted by molar-refractivity contribution is -0.119. The highest BCUT2D eigenvalue weighted by Crippen LogP contribution is 2.22. The van der Waals surface area contributed by atoms with E-state index in [1.165, 1.54) is 7.11 Å². The molecular formula is C25H22N2O5. The number of nitrogens with one attached hydrogen (secondary N) is 2. The summed E-state index contributed by atoms with van der Waals surface area (Å²) < 4.78 is 16.2. The van der Waals surface area contributed by atoms with Crippen LogP contribution in [-0.2, 0) is 16.1 Å². The summed E-state index contributed by atoms with van der Waals surface area (Å²) >= 11 is 0. The van der Waals surface area contributed by atoms with Crippen LogP contribution >= 0.6 is 0 Å². The summed E-state index contributed by atoms with van der Waals surface area (Å²) in [6, 6.07) is 24.0. The number of hydrogen-bond acceptors (Lipinski definition) is 5. The van der Waals surface area contributed by atoms with E-state index in [1.807, 2.05) is 42.5 Å². The Morgan fingerprint density at radius 2 is 1.62 bits per heavy atom. The highest BCUT2D eigenvalue weighted by Gasteiger charge is 2.13. The minimum absolute atomic E-state index is 0.0486. The minimum Gasteiger partial charge on any atom is -0.486 e. The monoisotopic (exact) mass is 430 g/mol. The summed E-state index contributed by atoms with van der Waals surface area (Å²) in [6.07, 6.45) is 0. The molecule has 0 saturated carbocycles. The van der Waals surface area contributed by atoms with Crippen LogP contribution in [0.1, 0.15) is 16.3 Å². The summed E-state index contributed by atoms with van der Waals surface area (Å²) in [5.41, 5.74) is 1.07. The summed E-state index contributed by atoms with van der Waals surface area (Å²) in [6.45, 7) is 0.152. The average Bonchev–Trinajstić information content (AvgIpc) is 3.27. The lowest BCUT2D eigenvalue weighted by atomic mass is 10.1. The molecule has 0 spiro atoms. The van der Waals surface area contributed by atoms with Gasteiger partial charge >= 0.3 is 0 Å². The molecule has 7 heteroatoms. The number of amides is 2. The van der Waals surface area contributed by atoms with Gasteiger partial charge in [-0.05, 0) is 53.2 Å². The first-order valence-corrected chi connectivity index (χ1v) is 10.0. The first-order chi connectivity index (χ1) is 15.6. The molecule has 0 unspecified atom stereocenters.